The molecule has 2 aromatic heterocycles. The summed E-state index contributed by atoms with van der Waals surface area (Å²) in [6, 6.07) is 0. The number of halogens is 1. The third-order valence-electron chi connectivity index (χ3n) is 3.55. The molecule has 1 unspecified atom stereocenters. The Morgan fingerprint density at radius 3 is 3.17 bits per heavy atom. The number of aromatic amines is 1. The molecule has 0 saturated carbocycles. The maximum Gasteiger partial charge on any atom is 0.259 e. The molecule has 18 heavy (non-hydrogen) atoms. The maximum atomic E-state index is 12.2. The van der Waals surface area contributed by atoms with Gasteiger partial charge in [0, 0.05) is 17.2 Å². The fourth-order valence-electron chi connectivity index (χ4n) is 2.60. The Morgan fingerprint density at radius 1 is 1.56 bits per heavy atom. The van der Waals surface area contributed by atoms with E-state index in [-0.39, 0.29) is 5.56 Å². The van der Waals surface area contributed by atoms with Gasteiger partial charge in [0.25, 0.3) is 5.56 Å². The molecule has 0 radical (unpaired) electrons. The molecule has 1 N–H and O–H groups in total. The third kappa shape index (κ3) is 1.97. The van der Waals surface area contributed by atoms with Crippen LogP contribution in [0.2, 0.25) is 0 Å². The first-order valence-electron chi connectivity index (χ1n) is 6.28. The molecule has 3 rings (SSSR count). The van der Waals surface area contributed by atoms with Gasteiger partial charge < -0.3 is 4.98 Å². The number of aryl methyl sites for hydroxylation is 2. The van der Waals surface area contributed by atoms with Crippen LogP contribution in [-0.4, -0.2) is 15.8 Å². The molecular formula is C13H15ClN2OS. The minimum Gasteiger partial charge on any atom is -0.310 e. The van der Waals surface area contributed by atoms with Crippen molar-refractivity contribution in [3.05, 3.63) is 26.6 Å². The summed E-state index contributed by atoms with van der Waals surface area (Å²) in [5.74, 6) is 1.90. The van der Waals surface area contributed by atoms with E-state index in [0.717, 1.165) is 23.1 Å². The van der Waals surface area contributed by atoms with Crippen molar-refractivity contribution in [2.24, 2.45) is 5.92 Å². The zero-order valence-corrected chi connectivity index (χ0v) is 11.8. The highest BCUT2D eigenvalue weighted by Crippen LogP contribution is 2.35. The van der Waals surface area contributed by atoms with E-state index >= 15 is 0 Å². The maximum absolute atomic E-state index is 12.2. The Labute approximate surface area is 114 Å². The summed E-state index contributed by atoms with van der Waals surface area (Å²) in [4.78, 5) is 21.8. The Kier molecular flexibility index (Phi) is 3.16. The first-order chi connectivity index (χ1) is 8.69. The van der Waals surface area contributed by atoms with Crippen molar-refractivity contribution in [3.63, 3.8) is 0 Å². The zero-order valence-electron chi connectivity index (χ0n) is 10.3. The van der Waals surface area contributed by atoms with E-state index in [9.17, 15) is 4.79 Å². The lowest BCUT2D eigenvalue weighted by atomic mass is 9.89. The summed E-state index contributed by atoms with van der Waals surface area (Å²) in [7, 11) is 0. The molecule has 3 nitrogen and oxygen atoms in total. The van der Waals surface area contributed by atoms with Gasteiger partial charge in [-0.05, 0) is 30.7 Å². The second-order valence-corrected chi connectivity index (χ2v) is 6.45. The molecular weight excluding hydrogens is 268 g/mol. The van der Waals surface area contributed by atoms with Crippen LogP contribution >= 0.6 is 22.9 Å². The molecule has 96 valence electrons. The highest BCUT2D eigenvalue weighted by Gasteiger charge is 2.22. The molecule has 0 spiro atoms. The third-order valence-corrected chi connectivity index (χ3v) is 4.88. The van der Waals surface area contributed by atoms with Gasteiger partial charge in [0.15, 0.2) is 0 Å². The van der Waals surface area contributed by atoms with Crippen LogP contribution in [0.5, 0.6) is 0 Å². The van der Waals surface area contributed by atoms with Crippen molar-refractivity contribution in [2.45, 2.75) is 32.6 Å². The van der Waals surface area contributed by atoms with Crippen LogP contribution in [0.15, 0.2) is 4.79 Å². The van der Waals surface area contributed by atoms with Crippen LogP contribution < -0.4 is 5.56 Å². The van der Waals surface area contributed by atoms with E-state index in [0.29, 0.717) is 24.0 Å². The molecule has 5 heteroatoms. The highest BCUT2D eigenvalue weighted by molar-refractivity contribution is 7.18. The standard InChI is InChI=1S/C13H15ClN2OS/c1-7-2-3-8-9(6-7)18-13-11(8)12(17)15-10(16-13)4-5-14/h7H,2-6H2,1H3,(H,15,16,17). The van der Waals surface area contributed by atoms with Gasteiger partial charge in [-0.25, -0.2) is 4.98 Å². The number of fused-ring (bicyclic) bond motifs is 3. The van der Waals surface area contributed by atoms with E-state index in [2.05, 4.69) is 16.9 Å². The van der Waals surface area contributed by atoms with Crippen LogP contribution in [0.3, 0.4) is 0 Å². The van der Waals surface area contributed by atoms with Crippen molar-refractivity contribution in [3.8, 4) is 0 Å². The fraction of sp³-hybridized carbons (Fsp3) is 0.538. The van der Waals surface area contributed by atoms with E-state index in [1.54, 1.807) is 11.3 Å². The van der Waals surface area contributed by atoms with E-state index in [1.165, 1.54) is 16.9 Å². The van der Waals surface area contributed by atoms with Crippen LogP contribution in [0.1, 0.15) is 29.6 Å². The predicted octanol–water partition coefficient (Wildman–Crippen LogP) is 2.89. The van der Waals surface area contributed by atoms with E-state index in [1.807, 2.05) is 0 Å². The van der Waals surface area contributed by atoms with E-state index in [4.69, 9.17) is 11.6 Å². The Morgan fingerprint density at radius 2 is 2.39 bits per heavy atom. The number of thiophene rings is 1. The quantitative estimate of drug-likeness (QED) is 0.861. The van der Waals surface area contributed by atoms with Crippen LogP contribution in [0.4, 0.5) is 0 Å². The molecule has 2 aromatic rings. The Balaban J connectivity index is 2.19. The minimum absolute atomic E-state index is 0.00664. The number of nitrogens with one attached hydrogen (secondary N) is 1. The smallest absolute Gasteiger partial charge is 0.259 e. The molecule has 0 fully saturated rings. The molecule has 1 atom stereocenters. The van der Waals surface area contributed by atoms with Crippen LogP contribution in [0.25, 0.3) is 10.2 Å². The summed E-state index contributed by atoms with van der Waals surface area (Å²) in [5, 5.41) is 0.820. The molecule has 1 aliphatic carbocycles. The highest BCUT2D eigenvalue weighted by atomic mass is 35.5. The number of H-pyrrole nitrogens is 1. The largest absolute Gasteiger partial charge is 0.310 e. The zero-order chi connectivity index (χ0) is 12.7. The van der Waals surface area contributed by atoms with Gasteiger partial charge in [0.1, 0.15) is 10.7 Å². The van der Waals surface area contributed by atoms with Gasteiger partial charge in [0.2, 0.25) is 0 Å². The molecule has 1 aliphatic rings. The summed E-state index contributed by atoms with van der Waals surface area (Å²) in [6.07, 6.45) is 3.88. The lowest BCUT2D eigenvalue weighted by molar-refractivity contribution is 0.509. The lowest BCUT2D eigenvalue weighted by Gasteiger charge is -2.17. The monoisotopic (exact) mass is 282 g/mol. The van der Waals surface area contributed by atoms with Gasteiger partial charge in [-0.3, -0.25) is 4.79 Å². The van der Waals surface area contributed by atoms with Gasteiger partial charge >= 0.3 is 0 Å². The molecule has 0 bridgehead atoms. The van der Waals surface area contributed by atoms with Gasteiger partial charge in [-0.1, -0.05) is 6.92 Å². The summed E-state index contributed by atoms with van der Waals surface area (Å²) < 4.78 is 0. The van der Waals surface area contributed by atoms with Crippen molar-refractivity contribution >= 4 is 33.2 Å². The van der Waals surface area contributed by atoms with Crippen LogP contribution in [0, 0.1) is 5.92 Å². The van der Waals surface area contributed by atoms with E-state index < -0.39 is 0 Å². The van der Waals surface area contributed by atoms with Crippen molar-refractivity contribution in [2.75, 3.05) is 5.88 Å². The first-order valence-corrected chi connectivity index (χ1v) is 7.63. The number of nitrogens with zero attached hydrogens (tertiary/aromatic N) is 1. The fourth-order valence-corrected chi connectivity index (χ4v) is 4.18. The van der Waals surface area contributed by atoms with Gasteiger partial charge in [-0.2, -0.15) is 0 Å². The van der Waals surface area contributed by atoms with Gasteiger partial charge in [-0.15, -0.1) is 22.9 Å². The minimum atomic E-state index is 0.00664. The van der Waals surface area contributed by atoms with Crippen molar-refractivity contribution in [1.29, 1.82) is 0 Å². The molecule has 0 aliphatic heterocycles. The van der Waals surface area contributed by atoms with Crippen LogP contribution in [-0.2, 0) is 19.3 Å². The molecule has 0 saturated heterocycles. The Hall–Kier alpha value is -0.870. The normalized spacial score (nSPS) is 19.1. The molecule has 0 aromatic carbocycles. The predicted molar refractivity (Wildman–Crippen MR) is 75.9 cm³/mol. The number of aromatic nitrogens is 2. The Bertz CT molecular complexity index is 646. The average molecular weight is 283 g/mol. The first kappa shape index (κ1) is 12.2. The SMILES string of the molecule is CC1CCc2c(sc3nc(CCCl)[nH]c(=O)c23)C1. The number of alkyl halides is 1. The van der Waals surface area contributed by atoms with Crippen molar-refractivity contribution < 1.29 is 0 Å². The topological polar surface area (TPSA) is 45.8 Å². The van der Waals surface area contributed by atoms with Crippen molar-refractivity contribution in [1.82, 2.24) is 9.97 Å². The average Bonchev–Trinajstić information content (AvgIpc) is 2.66. The summed E-state index contributed by atoms with van der Waals surface area (Å²) in [5.41, 5.74) is 1.24. The molecule has 2 heterocycles. The second-order valence-electron chi connectivity index (χ2n) is 4.98. The number of hydrogen-bond donors (Lipinski definition) is 1. The lowest BCUT2D eigenvalue weighted by Crippen LogP contribution is -2.14. The second kappa shape index (κ2) is 4.67. The summed E-state index contributed by atoms with van der Waals surface area (Å²) in [6.45, 7) is 2.27. The molecule has 0 amide bonds. The summed E-state index contributed by atoms with van der Waals surface area (Å²) >= 11 is 7.38. The number of hydrogen-bond acceptors (Lipinski definition) is 3. The number of rotatable bonds is 2. The van der Waals surface area contributed by atoms with Gasteiger partial charge in [0.05, 0.1) is 5.39 Å².